The Morgan fingerprint density at radius 2 is 1.69 bits per heavy atom. The van der Waals surface area contributed by atoms with Crippen LogP contribution in [0.1, 0.15) is 31.2 Å². The van der Waals surface area contributed by atoms with Crippen LogP contribution in [-0.2, 0) is 11.3 Å². The van der Waals surface area contributed by atoms with Crippen molar-refractivity contribution >= 4 is 38.9 Å². The Kier molecular flexibility index (Phi) is 6.88. The summed E-state index contributed by atoms with van der Waals surface area (Å²) in [5.41, 5.74) is 12.4. The van der Waals surface area contributed by atoms with E-state index < -0.39 is 5.97 Å². The van der Waals surface area contributed by atoms with Gasteiger partial charge in [0.1, 0.15) is 5.69 Å². The van der Waals surface area contributed by atoms with Gasteiger partial charge in [0, 0.05) is 36.1 Å². The molecule has 9 nitrogen and oxygen atoms in total. The fourth-order valence-corrected chi connectivity index (χ4v) is 4.04. The van der Waals surface area contributed by atoms with Crippen molar-refractivity contribution in [1.82, 2.24) is 24.5 Å². The summed E-state index contributed by atoms with van der Waals surface area (Å²) in [7, 11) is 0. The molecular formula is C26H28N6O3. The van der Waals surface area contributed by atoms with Gasteiger partial charge in [-0.3, -0.25) is 9.59 Å². The lowest BCUT2D eigenvalue weighted by atomic mass is 10.1. The van der Waals surface area contributed by atoms with E-state index in [0.29, 0.717) is 23.3 Å². The predicted octanol–water partition coefficient (Wildman–Crippen LogP) is 3.93. The number of carboxylic acids is 1. The number of aliphatic carboxylic acids is 1. The molecule has 3 aromatic heterocycles. The summed E-state index contributed by atoms with van der Waals surface area (Å²) >= 11 is 0. The molecule has 2 aromatic carbocycles. The number of nitrogens with two attached hydrogens (primary N) is 1. The molecule has 0 spiro atoms. The van der Waals surface area contributed by atoms with Crippen molar-refractivity contribution in [1.29, 1.82) is 0 Å². The largest absolute Gasteiger partial charge is 0.481 e. The maximum Gasteiger partial charge on any atom is 0.300 e. The second kappa shape index (κ2) is 10.0. The predicted molar refractivity (Wildman–Crippen MR) is 137 cm³/mol. The summed E-state index contributed by atoms with van der Waals surface area (Å²) in [5, 5.41) is 8.43. The van der Waals surface area contributed by atoms with E-state index in [1.807, 2.05) is 50.4 Å². The first-order chi connectivity index (χ1) is 16.8. The van der Waals surface area contributed by atoms with Crippen molar-refractivity contribution in [2.24, 2.45) is 5.73 Å². The van der Waals surface area contributed by atoms with Crippen LogP contribution in [0.5, 0.6) is 0 Å². The van der Waals surface area contributed by atoms with Crippen LogP contribution in [0.2, 0.25) is 0 Å². The molecular weight excluding hydrogens is 444 g/mol. The number of aryl methyl sites for hydroxylation is 3. The van der Waals surface area contributed by atoms with Crippen molar-refractivity contribution in [3.8, 4) is 11.3 Å². The standard InChI is InChI=1S/C24H24N6O.C2H4O2/c1-14-15(2)27-19-12-21-20(11-18(19)26-14)28-23(24(31)29-21)17-13-30(10-6-5-9-25)22-8-4-3-7-16(17)22;1-2(3)4/h3-4,7-8,11-13H,5-6,9-10,25H2,1-2H3,(H,29,31);1H3,(H,3,4). The molecule has 0 saturated carbocycles. The lowest BCUT2D eigenvalue weighted by Crippen LogP contribution is -2.11. The maximum absolute atomic E-state index is 13.0. The lowest BCUT2D eigenvalue weighted by Gasteiger charge is -2.06. The Bertz CT molecular complexity index is 1600. The summed E-state index contributed by atoms with van der Waals surface area (Å²) in [5.74, 6) is -0.833. The number of fused-ring (bicyclic) bond motifs is 3. The molecule has 0 aliphatic rings. The third kappa shape index (κ3) is 5.04. The fourth-order valence-electron chi connectivity index (χ4n) is 4.04. The number of nitrogens with one attached hydrogen (secondary N) is 1. The zero-order valence-corrected chi connectivity index (χ0v) is 20.0. The minimum atomic E-state index is -0.833. The number of aromatic amines is 1. The van der Waals surface area contributed by atoms with Crippen LogP contribution in [0.25, 0.3) is 44.2 Å². The molecule has 180 valence electrons. The second-order valence-corrected chi connectivity index (χ2v) is 8.44. The Morgan fingerprint density at radius 1 is 1.03 bits per heavy atom. The van der Waals surface area contributed by atoms with Gasteiger partial charge >= 0.3 is 0 Å². The number of hydrogen-bond acceptors (Lipinski definition) is 6. The molecule has 5 rings (SSSR count). The van der Waals surface area contributed by atoms with Crippen molar-refractivity contribution in [2.75, 3.05) is 6.54 Å². The number of hydrogen-bond donors (Lipinski definition) is 3. The molecule has 0 aliphatic carbocycles. The van der Waals surface area contributed by atoms with Gasteiger partial charge in [-0.25, -0.2) is 15.0 Å². The highest BCUT2D eigenvalue weighted by atomic mass is 16.4. The van der Waals surface area contributed by atoms with E-state index in [1.54, 1.807) is 0 Å². The van der Waals surface area contributed by atoms with Gasteiger partial charge in [0.15, 0.2) is 0 Å². The van der Waals surface area contributed by atoms with Crippen LogP contribution >= 0.6 is 0 Å². The fraction of sp³-hybridized carbons (Fsp3) is 0.269. The van der Waals surface area contributed by atoms with Gasteiger partial charge in [0.2, 0.25) is 0 Å². The summed E-state index contributed by atoms with van der Waals surface area (Å²) in [6, 6.07) is 11.8. The number of rotatable bonds is 5. The summed E-state index contributed by atoms with van der Waals surface area (Å²) in [6.07, 6.45) is 3.97. The highest BCUT2D eigenvalue weighted by Crippen LogP contribution is 2.29. The minimum absolute atomic E-state index is 0.214. The topological polar surface area (TPSA) is 140 Å². The molecule has 0 amide bonds. The van der Waals surface area contributed by atoms with Crippen LogP contribution in [0, 0.1) is 13.8 Å². The number of benzene rings is 2. The molecule has 3 heterocycles. The van der Waals surface area contributed by atoms with Gasteiger partial charge in [0.05, 0.1) is 33.5 Å². The van der Waals surface area contributed by atoms with E-state index in [9.17, 15) is 4.79 Å². The van der Waals surface area contributed by atoms with E-state index in [-0.39, 0.29) is 5.56 Å². The van der Waals surface area contributed by atoms with E-state index in [2.05, 4.69) is 25.6 Å². The van der Waals surface area contributed by atoms with Gasteiger partial charge in [-0.05, 0) is 51.4 Å². The Labute approximate surface area is 201 Å². The maximum atomic E-state index is 13.0. The van der Waals surface area contributed by atoms with Gasteiger partial charge in [-0.1, -0.05) is 18.2 Å². The summed E-state index contributed by atoms with van der Waals surface area (Å²) < 4.78 is 2.18. The number of carboxylic acid groups (broad SMARTS) is 1. The Balaban J connectivity index is 0.000000672. The zero-order chi connectivity index (χ0) is 25.1. The van der Waals surface area contributed by atoms with Crippen LogP contribution in [0.15, 0.2) is 47.4 Å². The third-order valence-corrected chi connectivity index (χ3v) is 5.79. The highest BCUT2D eigenvalue weighted by Gasteiger charge is 2.16. The van der Waals surface area contributed by atoms with Gasteiger partial charge in [-0.15, -0.1) is 0 Å². The number of nitrogens with zero attached hydrogens (tertiary/aromatic N) is 4. The van der Waals surface area contributed by atoms with Crippen molar-refractivity contribution in [3.05, 3.63) is 64.3 Å². The molecule has 4 N–H and O–H groups in total. The van der Waals surface area contributed by atoms with Crippen LogP contribution in [0.3, 0.4) is 0 Å². The third-order valence-electron chi connectivity index (χ3n) is 5.79. The zero-order valence-electron chi connectivity index (χ0n) is 20.0. The Hall–Kier alpha value is -4.11. The quantitative estimate of drug-likeness (QED) is 0.260. The average Bonchev–Trinajstić information content (AvgIpc) is 3.17. The number of aromatic nitrogens is 5. The van der Waals surface area contributed by atoms with Crippen molar-refractivity contribution in [3.63, 3.8) is 0 Å². The normalized spacial score (nSPS) is 11.1. The second-order valence-electron chi connectivity index (χ2n) is 8.44. The molecule has 0 fully saturated rings. The van der Waals surface area contributed by atoms with Gasteiger partial charge in [-0.2, -0.15) is 0 Å². The first-order valence-electron chi connectivity index (χ1n) is 11.5. The smallest absolute Gasteiger partial charge is 0.300 e. The molecule has 0 saturated heterocycles. The van der Waals surface area contributed by atoms with Crippen molar-refractivity contribution < 1.29 is 9.90 Å². The van der Waals surface area contributed by atoms with Crippen LogP contribution < -0.4 is 11.3 Å². The SMILES string of the molecule is CC(=O)O.Cc1nc2cc3nc(-c4cn(CCCCN)c5ccccc45)c(=O)[nH]c3cc2nc1C. The first-order valence-corrected chi connectivity index (χ1v) is 11.5. The van der Waals surface area contributed by atoms with Gasteiger partial charge in [0.25, 0.3) is 11.5 Å². The lowest BCUT2D eigenvalue weighted by molar-refractivity contribution is -0.134. The molecule has 0 radical (unpaired) electrons. The monoisotopic (exact) mass is 472 g/mol. The summed E-state index contributed by atoms with van der Waals surface area (Å²) in [6.45, 7) is 6.48. The highest BCUT2D eigenvalue weighted by molar-refractivity contribution is 5.97. The number of H-pyrrole nitrogens is 1. The van der Waals surface area contributed by atoms with Crippen LogP contribution in [-0.4, -0.2) is 42.1 Å². The van der Waals surface area contributed by atoms with E-state index in [0.717, 1.165) is 65.2 Å². The first kappa shape index (κ1) is 24.0. The van der Waals surface area contributed by atoms with Gasteiger partial charge < -0.3 is 20.4 Å². The number of carbonyl (C=O) groups is 1. The van der Waals surface area contributed by atoms with E-state index >= 15 is 0 Å². The van der Waals surface area contributed by atoms with E-state index in [1.165, 1.54) is 0 Å². The van der Waals surface area contributed by atoms with E-state index in [4.69, 9.17) is 20.6 Å². The number of para-hydroxylation sites is 1. The average molecular weight is 473 g/mol. The molecule has 5 aromatic rings. The molecule has 35 heavy (non-hydrogen) atoms. The molecule has 0 aliphatic heterocycles. The van der Waals surface area contributed by atoms with Crippen LogP contribution in [0.4, 0.5) is 0 Å². The molecule has 0 bridgehead atoms. The van der Waals surface area contributed by atoms with Crippen molar-refractivity contribution in [2.45, 2.75) is 40.2 Å². The molecule has 0 unspecified atom stereocenters. The molecule has 0 atom stereocenters. The molecule has 9 heteroatoms. The Morgan fingerprint density at radius 3 is 2.37 bits per heavy atom. The minimum Gasteiger partial charge on any atom is -0.481 e. The number of unbranched alkanes of at least 4 members (excludes halogenated alkanes) is 1. The summed E-state index contributed by atoms with van der Waals surface area (Å²) in [4.78, 5) is 39.0.